The number of hydrogen-bond acceptors (Lipinski definition) is 1. The summed E-state index contributed by atoms with van der Waals surface area (Å²) >= 11 is 0. The third-order valence-electron chi connectivity index (χ3n) is 5.63. The summed E-state index contributed by atoms with van der Waals surface area (Å²) < 4.78 is 61.6. The summed E-state index contributed by atoms with van der Waals surface area (Å²) in [4.78, 5) is 0. The Kier molecular flexibility index (Phi) is 7.96. The highest BCUT2D eigenvalue weighted by molar-refractivity contribution is 5.71. The van der Waals surface area contributed by atoms with Gasteiger partial charge in [-0.15, -0.1) is 0 Å². The van der Waals surface area contributed by atoms with Gasteiger partial charge in [-0.2, -0.15) is 8.78 Å². The lowest BCUT2D eigenvalue weighted by atomic mass is 9.85. The molecule has 1 nitrogen and oxygen atoms in total. The Morgan fingerprint density at radius 3 is 1.97 bits per heavy atom. The van der Waals surface area contributed by atoms with Crippen LogP contribution in [0.15, 0.2) is 89.3 Å². The molecule has 2 aromatic rings. The fourth-order valence-electron chi connectivity index (χ4n) is 3.85. The van der Waals surface area contributed by atoms with E-state index in [-0.39, 0.29) is 23.6 Å². The van der Waals surface area contributed by atoms with E-state index in [4.69, 9.17) is 4.74 Å². The largest absolute Gasteiger partial charge is 0.429 e. The molecule has 0 radical (unpaired) electrons. The second-order valence-electron chi connectivity index (χ2n) is 7.82. The summed E-state index contributed by atoms with van der Waals surface area (Å²) in [7, 11) is 0. The molecule has 2 aliphatic rings. The predicted molar refractivity (Wildman–Crippen MR) is 125 cm³/mol. The molecule has 0 aliphatic heterocycles. The molecule has 174 valence electrons. The number of aryl methyl sites for hydroxylation is 1. The van der Waals surface area contributed by atoms with Gasteiger partial charge in [-0.1, -0.05) is 55.8 Å². The molecule has 5 heteroatoms. The summed E-state index contributed by atoms with van der Waals surface area (Å²) in [6.07, 6.45) is 2.50. The van der Waals surface area contributed by atoms with Crippen LogP contribution in [0.5, 0.6) is 5.75 Å². The monoisotopic (exact) mass is 456 g/mol. The van der Waals surface area contributed by atoms with Gasteiger partial charge in [0.15, 0.2) is 0 Å². The van der Waals surface area contributed by atoms with Crippen LogP contribution < -0.4 is 4.74 Å². The summed E-state index contributed by atoms with van der Waals surface area (Å²) in [5.41, 5.74) is 4.21. The van der Waals surface area contributed by atoms with Crippen LogP contribution in [0.4, 0.5) is 17.6 Å². The number of alkyl halides is 2. The molecule has 2 aliphatic carbocycles. The average Bonchev–Trinajstić information content (AvgIpc) is 2.82. The van der Waals surface area contributed by atoms with Gasteiger partial charge in [-0.3, -0.25) is 0 Å². The highest BCUT2D eigenvalue weighted by atomic mass is 19.3. The number of allylic oxidation sites excluding steroid dienone is 7. The van der Waals surface area contributed by atoms with Crippen molar-refractivity contribution in [2.45, 2.75) is 52.6 Å². The van der Waals surface area contributed by atoms with Crippen molar-refractivity contribution in [1.82, 2.24) is 0 Å². The van der Waals surface area contributed by atoms with Gasteiger partial charge in [0.05, 0.1) is 0 Å². The first-order valence-corrected chi connectivity index (χ1v) is 11.2. The van der Waals surface area contributed by atoms with Gasteiger partial charge in [0, 0.05) is 5.57 Å². The molecule has 0 amide bonds. The van der Waals surface area contributed by atoms with Crippen molar-refractivity contribution in [2.75, 3.05) is 0 Å². The second-order valence-corrected chi connectivity index (χ2v) is 7.82. The van der Waals surface area contributed by atoms with Crippen LogP contribution in [0, 0.1) is 12.7 Å². The molecule has 0 saturated carbocycles. The third kappa shape index (κ3) is 6.04. The van der Waals surface area contributed by atoms with Crippen molar-refractivity contribution in [2.24, 2.45) is 0 Å². The molecule has 0 saturated heterocycles. The van der Waals surface area contributed by atoms with Crippen molar-refractivity contribution >= 4 is 5.57 Å². The molecule has 0 N–H and O–H groups in total. The van der Waals surface area contributed by atoms with Crippen molar-refractivity contribution in [3.8, 4) is 5.75 Å². The molecule has 0 unspecified atom stereocenters. The van der Waals surface area contributed by atoms with Gasteiger partial charge in [-0.25, -0.2) is 8.78 Å². The standard InChI is InChI=1S/C26H22F4O.C2H6/c1-17-2-4-18(5-3-17)20-8-15-24(25(28)16-20)19-6-9-21(10-7-19)26(29,30)31-23-13-11-22(27)12-14-23;1-2/h2-6,9,11-14,16H,7-8,10,15H2,1H3;1-2H3. The summed E-state index contributed by atoms with van der Waals surface area (Å²) in [6, 6.07) is 12.4. The first-order chi connectivity index (χ1) is 15.8. The van der Waals surface area contributed by atoms with E-state index in [1.54, 1.807) is 12.2 Å². The van der Waals surface area contributed by atoms with E-state index in [9.17, 15) is 17.6 Å². The van der Waals surface area contributed by atoms with Crippen molar-refractivity contribution in [3.63, 3.8) is 0 Å². The Balaban J connectivity index is 0.00000149. The van der Waals surface area contributed by atoms with Crippen molar-refractivity contribution in [3.05, 3.63) is 106 Å². The number of hydrogen-bond donors (Lipinski definition) is 0. The minimum absolute atomic E-state index is 0.0609. The van der Waals surface area contributed by atoms with Crippen LogP contribution >= 0.6 is 0 Å². The molecule has 0 heterocycles. The first kappa shape index (κ1) is 24.6. The maximum absolute atomic E-state index is 14.8. The zero-order chi connectivity index (χ0) is 24.0. The molecule has 0 bridgehead atoms. The van der Waals surface area contributed by atoms with E-state index in [0.29, 0.717) is 24.8 Å². The second kappa shape index (κ2) is 10.7. The minimum Gasteiger partial charge on any atom is -0.429 e. The van der Waals surface area contributed by atoms with Gasteiger partial charge in [0.2, 0.25) is 0 Å². The van der Waals surface area contributed by atoms with Gasteiger partial charge >= 0.3 is 6.11 Å². The van der Waals surface area contributed by atoms with Gasteiger partial charge in [0.25, 0.3) is 0 Å². The van der Waals surface area contributed by atoms with E-state index >= 15 is 0 Å². The normalized spacial score (nSPS) is 16.3. The summed E-state index contributed by atoms with van der Waals surface area (Å²) in [5.74, 6) is -0.946. The molecular weight excluding hydrogens is 428 g/mol. The highest BCUT2D eigenvalue weighted by Gasteiger charge is 2.37. The SMILES string of the molecule is CC.Cc1ccc(C2=CC(F)=C(C3=CC=C(C(F)(F)Oc4ccc(F)cc4)CC3)CC2)cc1. The quantitative estimate of drug-likeness (QED) is 0.408. The van der Waals surface area contributed by atoms with E-state index in [0.717, 1.165) is 46.5 Å². The molecule has 0 atom stereocenters. The molecule has 0 aromatic heterocycles. The van der Waals surface area contributed by atoms with Crippen LogP contribution in [0.1, 0.15) is 50.7 Å². The molecule has 2 aromatic carbocycles. The first-order valence-electron chi connectivity index (χ1n) is 11.2. The Morgan fingerprint density at radius 2 is 1.39 bits per heavy atom. The van der Waals surface area contributed by atoms with E-state index in [1.165, 1.54) is 6.08 Å². The maximum Gasteiger partial charge on any atom is 0.422 e. The number of ether oxygens (including phenoxy) is 1. The van der Waals surface area contributed by atoms with Gasteiger partial charge in [0.1, 0.15) is 17.4 Å². The number of halogens is 4. The van der Waals surface area contributed by atoms with Crippen LogP contribution in [0.3, 0.4) is 0 Å². The van der Waals surface area contributed by atoms with Crippen molar-refractivity contribution < 1.29 is 22.3 Å². The molecular formula is C28H28F4O. The number of rotatable bonds is 5. The predicted octanol–water partition coefficient (Wildman–Crippen LogP) is 8.88. The van der Waals surface area contributed by atoms with Crippen LogP contribution in [-0.4, -0.2) is 6.11 Å². The maximum atomic E-state index is 14.8. The fourth-order valence-corrected chi connectivity index (χ4v) is 3.85. The van der Waals surface area contributed by atoms with Crippen LogP contribution in [0.2, 0.25) is 0 Å². The van der Waals surface area contributed by atoms with E-state index in [2.05, 4.69) is 0 Å². The van der Waals surface area contributed by atoms with E-state index in [1.807, 2.05) is 45.0 Å². The fraction of sp³-hybridized carbons (Fsp3) is 0.286. The number of benzene rings is 2. The van der Waals surface area contributed by atoms with Crippen LogP contribution in [0.25, 0.3) is 5.57 Å². The molecule has 0 spiro atoms. The van der Waals surface area contributed by atoms with Gasteiger partial charge in [-0.05, 0) is 85.2 Å². The van der Waals surface area contributed by atoms with Crippen molar-refractivity contribution in [1.29, 1.82) is 0 Å². The van der Waals surface area contributed by atoms with Gasteiger partial charge < -0.3 is 4.74 Å². The Hall–Kier alpha value is -3.08. The minimum atomic E-state index is -3.52. The lowest BCUT2D eigenvalue weighted by Gasteiger charge is -2.25. The Morgan fingerprint density at radius 1 is 0.758 bits per heavy atom. The molecule has 4 rings (SSSR count). The summed E-state index contributed by atoms with van der Waals surface area (Å²) in [5, 5.41) is 0. The lowest BCUT2D eigenvalue weighted by Crippen LogP contribution is -2.28. The zero-order valence-corrected chi connectivity index (χ0v) is 19.1. The topological polar surface area (TPSA) is 9.23 Å². The molecule has 0 fully saturated rings. The smallest absolute Gasteiger partial charge is 0.422 e. The highest BCUT2D eigenvalue weighted by Crippen LogP contribution is 2.40. The van der Waals surface area contributed by atoms with E-state index < -0.39 is 11.9 Å². The third-order valence-corrected chi connectivity index (χ3v) is 5.63. The molecule has 33 heavy (non-hydrogen) atoms. The average molecular weight is 457 g/mol. The lowest BCUT2D eigenvalue weighted by molar-refractivity contribution is -0.144. The summed E-state index contributed by atoms with van der Waals surface area (Å²) in [6.45, 7) is 6.00. The zero-order valence-electron chi connectivity index (χ0n) is 19.1. The Labute approximate surface area is 192 Å². The Bertz CT molecular complexity index is 1090. The van der Waals surface area contributed by atoms with Crippen LogP contribution in [-0.2, 0) is 0 Å².